The van der Waals surface area contributed by atoms with Crippen molar-refractivity contribution < 1.29 is 4.79 Å². The van der Waals surface area contributed by atoms with Gasteiger partial charge < -0.3 is 10.2 Å². The van der Waals surface area contributed by atoms with Crippen molar-refractivity contribution >= 4 is 12.1 Å². The summed E-state index contributed by atoms with van der Waals surface area (Å²) in [5.41, 5.74) is 0.00181. The van der Waals surface area contributed by atoms with Gasteiger partial charge in [0.25, 0.3) is 0 Å². The van der Waals surface area contributed by atoms with Crippen molar-refractivity contribution in [1.29, 1.82) is 5.26 Å². The summed E-state index contributed by atoms with van der Waals surface area (Å²) in [5.74, 6) is -0.112. The molecule has 31 heavy (non-hydrogen) atoms. The maximum absolute atomic E-state index is 11.7. The minimum atomic E-state index is -0.577. The van der Waals surface area contributed by atoms with Crippen LogP contribution in [0.4, 0.5) is 0 Å². The van der Waals surface area contributed by atoms with Gasteiger partial charge in [-0.1, -0.05) is 31.9 Å². The minimum absolute atomic E-state index is 0.112. The van der Waals surface area contributed by atoms with Crippen molar-refractivity contribution in [3.8, 4) is 6.07 Å². The van der Waals surface area contributed by atoms with Gasteiger partial charge in [-0.25, -0.2) is 0 Å². The molecule has 0 bridgehead atoms. The van der Waals surface area contributed by atoms with E-state index in [2.05, 4.69) is 54.8 Å². The molecule has 1 aliphatic carbocycles. The number of hydrogen-bond donors (Lipinski definition) is 2. The maximum Gasteiger partial charge on any atom is 0.217 e. The van der Waals surface area contributed by atoms with Crippen molar-refractivity contribution in [2.24, 2.45) is 10.4 Å². The highest BCUT2D eigenvalue weighted by Crippen LogP contribution is 2.35. The van der Waals surface area contributed by atoms with E-state index in [0.29, 0.717) is 6.54 Å². The molecule has 2 unspecified atom stereocenters. The summed E-state index contributed by atoms with van der Waals surface area (Å²) in [7, 11) is 2.05. The molecule has 2 atom stereocenters. The van der Waals surface area contributed by atoms with Gasteiger partial charge in [-0.15, -0.1) is 13.2 Å². The Morgan fingerprint density at radius 1 is 1.39 bits per heavy atom. The number of nitrogens with one attached hydrogen (secondary N) is 2. The lowest BCUT2D eigenvalue weighted by molar-refractivity contribution is -0.119. The van der Waals surface area contributed by atoms with Crippen LogP contribution in [0.5, 0.6) is 0 Å². The third-order valence-electron chi connectivity index (χ3n) is 5.90. The molecule has 0 radical (unpaired) electrons. The molecule has 1 amide bonds. The second kappa shape index (κ2) is 13.2. The van der Waals surface area contributed by atoms with Crippen LogP contribution in [0.3, 0.4) is 0 Å². The summed E-state index contributed by atoms with van der Waals surface area (Å²) >= 11 is 0. The predicted molar refractivity (Wildman–Crippen MR) is 130 cm³/mol. The van der Waals surface area contributed by atoms with Crippen molar-refractivity contribution in [2.75, 3.05) is 26.7 Å². The Hall–Kier alpha value is -2.23. The number of nitriles is 1. The first-order valence-electron chi connectivity index (χ1n) is 11.4. The van der Waals surface area contributed by atoms with Crippen LogP contribution in [0.1, 0.15) is 59.3 Å². The van der Waals surface area contributed by atoms with E-state index in [0.717, 1.165) is 44.5 Å². The van der Waals surface area contributed by atoms with Crippen molar-refractivity contribution in [3.63, 3.8) is 0 Å². The van der Waals surface area contributed by atoms with E-state index in [4.69, 9.17) is 4.99 Å². The fraction of sp³-hybridized carbons (Fsp3) is 0.640. The first-order chi connectivity index (χ1) is 14.8. The molecular weight excluding hydrogens is 386 g/mol. The van der Waals surface area contributed by atoms with Crippen molar-refractivity contribution in [1.82, 2.24) is 15.5 Å². The summed E-state index contributed by atoms with van der Waals surface area (Å²) in [6, 6.07) is 2.05. The summed E-state index contributed by atoms with van der Waals surface area (Å²) in [4.78, 5) is 18.7. The molecule has 0 aromatic carbocycles. The Balaban J connectivity index is 2.91. The Morgan fingerprint density at radius 3 is 2.61 bits per heavy atom. The molecule has 0 spiro atoms. The molecule has 0 heterocycles. The lowest BCUT2D eigenvalue weighted by Crippen LogP contribution is -2.44. The SMILES string of the molecule is C=CC(NC(C)=O)C(C)(C=C)/C(=C/CN(C)CCNC1(C#N)CC1)N=CCCCCC. The number of likely N-dealkylation sites (N-methyl/N-ethyl adjacent to an activating group) is 1. The van der Waals surface area contributed by atoms with Crippen LogP contribution in [-0.2, 0) is 4.79 Å². The standard InChI is InChI=1S/C25H41N5O/c1-7-10-11-12-16-27-23(24(5,9-3)22(8-2)29-21(4)31)13-18-30(6)19-17-28-25(20-26)14-15-25/h8-9,13,16,22,28H,2-3,7,10-12,14-15,17-19H2,1,4-6H3,(H,29,31)/b23-13-,27-16?. The largest absolute Gasteiger partial charge is 0.349 e. The van der Waals surface area contributed by atoms with E-state index in [9.17, 15) is 10.1 Å². The van der Waals surface area contributed by atoms with Gasteiger partial charge in [0, 0.05) is 38.5 Å². The molecular formula is C25H41N5O. The average Bonchev–Trinajstić information content (AvgIpc) is 3.53. The quantitative estimate of drug-likeness (QED) is 0.222. The lowest BCUT2D eigenvalue weighted by Gasteiger charge is -2.34. The number of carbonyl (C=O) groups excluding carboxylic acids is 1. The van der Waals surface area contributed by atoms with E-state index in [1.807, 2.05) is 19.2 Å². The monoisotopic (exact) mass is 427 g/mol. The number of nitrogens with zero attached hydrogens (tertiary/aromatic N) is 3. The summed E-state index contributed by atoms with van der Waals surface area (Å²) in [6.45, 7) is 16.0. The van der Waals surface area contributed by atoms with Gasteiger partial charge in [0.05, 0.1) is 17.5 Å². The number of rotatable bonds is 16. The van der Waals surface area contributed by atoms with E-state index in [1.165, 1.54) is 19.8 Å². The van der Waals surface area contributed by atoms with Crippen LogP contribution in [0.2, 0.25) is 0 Å². The van der Waals surface area contributed by atoms with E-state index in [1.54, 1.807) is 6.08 Å². The normalized spacial score (nSPS) is 18.3. The van der Waals surface area contributed by atoms with Gasteiger partial charge in [-0.3, -0.25) is 15.1 Å². The zero-order chi connectivity index (χ0) is 23.3. The van der Waals surface area contributed by atoms with Crippen LogP contribution in [0.15, 0.2) is 42.1 Å². The van der Waals surface area contributed by atoms with Crippen LogP contribution < -0.4 is 10.6 Å². The van der Waals surface area contributed by atoms with Gasteiger partial charge in [0.15, 0.2) is 0 Å². The smallest absolute Gasteiger partial charge is 0.217 e. The van der Waals surface area contributed by atoms with Gasteiger partial charge in [0.2, 0.25) is 5.91 Å². The highest BCUT2D eigenvalue weighted by Gasteiger charge is 2.42. The van der Waals surface area contributed by atoms with E-state index < -0.39 is 5.41 Å². The first kappa shape index (κ1) is 26.8. The number of unbranched alkanes of at least 4 members (excludes halogenated alkanes) is 3. The van der Waals surface area contributed by atoms with Gasteiger partial charge in [0.1, 0.15) is 5.54 Å². The van der Waals surface area contributed by atoms with Crippen LogP contribution in [-0.4, -0.2) is 55.3 Å². The highest BCUT2D eigenvalue weighted by atomic mass is 16.1. The van der Waals surface area contributed by atoms with Gasteiger partial charge in [-0.2, -0.15) is 5.26 Å². The highest BCUT2D eigenvalue weighted by molar-refractivity contribution is 5.73. The van der Waals surface area contributed by atoms with Gasteiger partial charge >= 0.3 is 0 Å². The number of hydrogen-bond acceptors (Lipinski definition) is 5. The third-order valence-corrected chi connectivity index (χ3v) is 5.90. The Bertz CT molecular complexity index is 701. The number of amides is 1. The summed E-state index contributed by atoms with van der Waals surface area (Å²) in [5, 5.41) is 15.5. The second-order valence-corrected chi connectivity index (χ2v) is 8.68. The topological polar surface area (TPSA) is 80.5 Å². The molecule has 1 fully saturated rings. The molecule has 1 saturated carbocycles. The van der Waals surface area contributed by atoms with Crippen molar-refractivity contribution in [3.05, 3.63) is 37.1 Å². The minimum Gasteiger partial charge on any atom is -0.349 e. The molecule has 0 aromatic heterocycles. The molecule has 1 aliphatic rings. The summed E-state index contributed by atoms with van der Waals surface area (Å²) < 4.78 is 0. The molecule has 2 N–H and O–H groups in total. The van der Waals surface area contributed by atoms with Crippen LogP contribution >= 0.6 is 0 Å². The number of aliphatic imine (C=N–C) groups is 1. The average molecular weight is 428 g/mol. The Morgan fingerprint density at radius 2 is 2.10 bits per heavy atom. The molecule has 172 valence electrons. The first-order valence-corrected chi connectivity index (χ1v) is 11.4. The van der Waals surface area contributed by atoms with E-state index in [-0.39, 0.29) is 17.5 Å². The summed E-state index contributed by atoms with van der Waals surface area (Å²) in [6.07, 6.45) is 13.9. The third kappa shape index (κ3) is 8.80. The van der Waals surface area contributed by atoms with E-state index >= 15 is 0 Å². The predicted octanol–water partition coefficient (Wildman–Crippen LogP) is 3.98. The fourth-order valence-electron chi connectivity index (χ4n) is 3.40. The Kier molecular flexibility index (Phi) is 11.4. The molecule has 6 nitrogen and oxygen atoms in total. The second-order valence-electron chi connectivity index (χ2n) is 8.68. The lowest BCUT2D eigenvalue weighted by atomic mass is 9.78. The molecule has 0 saturated heterocycles. The zero-order valence-corrected chi connectivity index (χ0v) is 19.9. The van der Waals surface area contributed by atoms with Crippen molar-refractivity contribution in [2.45, 2.75) is 70.9 Å². The Labute approximate surface area is 189 Å². The molecule has 0 aromatic rings. The zero-order valence-electron chi connectivity index (χ0n) is 19.9. The van der Waals surface area contributed by atoms with Crippen LogP contribution in [0.25, 0.3) is 0 Å². The van der Waals surface area contributed by atoms with Gasteiger partial charge in [-0.05, 0) is 45.7 Å². The van der Waals surface area contributed by atoms with Crippen LogP contribution in [0, 0.1) is 16.7 Å². The number of carbonyl (C=O) groups is 1. The maximum atomic E-state index is 11.7. The molecule has 6 heteroatoms. The fourth-order valence-corrected chi connectivity index (χ4v) is 3.40. The molecule has 0 aliphatic heterocycles. The molecule has 1 rings (SSSR count).